The second-order valence-corrected chi connectivity index (χ2v) is 7.07. The number of thiazole rings is 1. The van der Waals surface area contributed by atoms with Gasteiger partial charge < -0.3 is 4.90 Å². The molecule has 2 aliphatic heterocycles. The van der Waals surface area contributed by atoms with Crippen molar-refractivity contribution in [2.75, 3.05) is 7.05 Å². The van der Waals surface area contributed by atoms with Crippen molar-refractivity contribution < 1.29 is 0 Å². The van der Waals surface area contributed by atoms with Crippen LogP contribution in [0.3, 0.4) is 0 Å². The van der Waals surface area contributed by atoms with Gasteiger partial charge in [-0.25, -0.2) is 4.98 Å². The summed E-state index contributed by atoms with van der Waals surface area (Å²) in [5.74, 6) is 1.37. The van der Waals surface area contributed by atoms with Crippen LogP contribution in [0.2, 0.25) is 0 Å². The number of aromatic nitrogens is 1. The molecule has 0 spiro atoms. The monoisotopic (exact) mass is 250 g/mol. The van der Waals surface area contributed by atoms with Gasteiger partial charge in [0.2, 0.25) is 0 Å². The van der Waals surface area contributed by atoms with Crippen LogP contribution < -0.4 is 0 Å². The van der Waals surface area contributed by atoms with Gasteiger partial charge >= 0.3 is 0 Å². The fourth-order valence-electron chi connectivity index (χ4n) is 3.37. The predicted octanol–water partition coefficient (Wildman–Crippen LogP) is 3.61. The molecule has 94 valence electrons. The van der Waals surface area contributed by atoms with E-state index in [-0.39, 0.29) is 0 Å². The third-order valence-electron chi connectivity index (χ3n) is 4.56. The van der Waals surface area contributed by atoms with Crippen molar-refractivity contribution in [1.82, 2.24) is 9.88 Å². The van der Waals surface area contributed by atoms with E-state index >= 15 is 0 Å². The summed E-state index contributed by atoms with van der Waals surface area (Å²) in [4.78, 5) is 8.74. The highest BCUT2D eigenvalue weighted by Crippen LogP contribution is 2.43. The molecule has 3 rings (SSSR count). The molecule has 2 bridgehead atoms. The topological polar surface area (TPSA) is 16.1 Å². The molecule has 3 heteroatoms. The van der Waals surface area contributed by atoms with Crippen LogP contribution in [-0.4, -0.2) is 29.0 Å². The van der Waals surface area contributed by atoms with Gasteiger partial charge in [0.15, 0.2) is 0 Å². The first kappa shape index (κ1) is 11.7. The van der Waals surface area contributed by atoms with Crippen molar-refractivity contribution in [3.63, 3.8) is 0 Å². The van der Waals surface area contributed by atoms with Crippen LogP contribution in [0.1, 0.15) is 61.3 Å². The van der Waals surface area contributed by atoms with Gasteiger partial charge in [-0.2, -0.15) is 0 Å². The molecule has 0 aliphatic carbocycles. The van der Waals surface area contributed by atoms with Crippen LogP contribution in [0.4, 0.5) is 0 Å². The molecule has 2 unspecified atom stereocenters. The zero-order chi connectivity index (χ0) is 12.0. The Morgan fingerprint density at radius 1 is 1.29 bits per heavy atom. The molecule has 0 radical (unpaired) electrons. The summed E-state index contributed by atoms with van der Waals surface area (Å²) < 4.78 is 0. The fourth-order valence-corrected chi connectivity index (χ4v) is 4.42. The number of rotatable bonds is 2. The van der Waals surface area contributed by atoms with Gasteiger partial charge in [-0.05, 0) is 38.6 Å². The summed E-state index contributed by atoms with van der Waals surface area (Å²) in [6.45, 7) is 4.52. The second-order valence-electron chi connectivity index (χ2n) is 5.97. The Kier molecular flexibility index (Phi) is 2.99. The first-order chi connectivity index (χ1) is 8.15. The Labute approximate surface area is 108 Å². The smallest absolute Gasteiger partial charge is 0.0959 e. The third-order valence-corrected chi connectivity index (χ3v) is 6.02. The summed E-state index contributed by atoms with van der Waals surface area (Å²) in [5.41, 5.74) is 0. The highest BCUT2D eigenvalue weighted by Gasteiger charge is 2.39. The molecule has 2 atom stereocenters. The van der Waals surface area contributed by atoms with Crippen molar-refractivity contribution in [3.05, 3.63) is 16.1 Å². The molecule has 2 fully saturated rings. The summed E-state index contributed by atoms with van der Waals surface area (Å²) in [6.07, 6.45) is 7.57. The van der Waals surface area contributed by atoms with Crippen LogP contribution in [0.5, 0.6) is 0 Å². The van der Waals surface area contributed by atoms with Crippen LogP contribution in [0.25, 0.3) is 0 Å². The van der Waals surface area contributed by atoms with E-state index in [0.29, 0.717) is 5.92 Å². The maximum atomic E-state index is 4.68. The zero-order valence-corrected chi connectivity index (χ0v) is 11.8. The SMILES string of the molecule is CC(C)c1cnc(C2CC3CCC(C2)N3C)s1. The number of fused-ring (bicyclic) bond motifs is 2. The van der Waals surface area contributed by atoms with Gasteiger partial charge in [0.05, 0.1) is 5.01 Å². The Bertz CT molecular complexity index is 385. The normalized spacial score (nSPS) is 33.5. The third kappa shape index (κ3) is 2.04. The standard InChI is InChI=1S/C14H22N2S/c1-9(2)13-8-15-14(17-13)10-6-11-4-5-12(7-10)16(11)3/h8-12H,4-7H2,1-3H3. The Balaban J connectivity index is 1.77. The molecular formula is C14H22N2S. The molecule has 1 aromatic heterocycles. The summed E-state index contributed by atoms with van der Waals surface area (Å²) >= 11 is 1.95. The molecule has 3 heterocycles. The summed E-state index contributed by atoms with van der Waals surface area (Å²) in [6, 6.07) is 1.65. The van der Waals surface area contributed by atoms with Crippen LogP contribution in [-0.2, 0) is 0 Å². The van der Waals surface area contributed by atoms with Crippen LogP contribution in [0.15, 0.2) is 6.20 Å². The van der Waals surface area contributed by atoms with E-state index in [4.69, 9.17) is 0 Å². The van der Waals surface area contributed by atoms with E-state index in [1.807, 2.05) is 11.3 Å². The average Bonchev–Trinajstić information content (AvgIpc) is 2.83. The molecule has 2 aliphatic rings. The lowest BCUT2D eigenvalue weighted by Gasteiger charge is -2.35. The molecule has 2 saturated heterocycles. The van der Waals surface area contributed by atoms with Crippen molar-refractivity contribution >= 4 is 11.3 Å². The van der Waals surface area contributed by atoms with Crippen LogP contribution in [0, 0.1) is 0 Å². The van der Waals surface area contributed by atoms with Crippen molar-refractivity contribution in [3.8, 4) is 0 Å². The second kappa shape index (κ2) is 4.36. The van der Waals surface area contributed by atoms with Crippen molar-refractivity contribution in [2.45, 2.75) is 63.5 Å². The molecule has 2 nitrogen and oxygen atoms in total. The molecular weight excluding hydrogens is 228 g/mol. The van der Waals surface area contributed by atoms with E-state index in [1.165, 1.54) is 35.6 Å². The molecule has 0 aromatic carbocycles. The van der Waals surface area contributed by atoms with E-state index in [0.717, 1.165) is 18.0 Å². The maximum absolute atomic E-state index is 4.68. The summed E-state index contributed by atoms with van der Waals surface area (Å²) in [7, 11) is 2.31. The largest absolute Gasteiger partial charge is 0.300 e. The van der Waals surface area contributed by atoms with Gasteiger partial charge in [0, 0.05) is 29.1 Å². The van der Waals surface area contributed by atoms with Gasteiger partial charge in [-0.1, -0.05) is 13.8 Å². The zero-order valence-electron chi connectivity index (χ0n) is 11.0. The number of piperidine rings is 1. The van der Waals surface area contributed by atoms with E-state index in [2.05, 4.69) is 37.0 Å². The summed E-state index contributed by atoms with van der Waals surface area (Å²) in [5, 5.41) is 1.40. The average molecular weight is 250 g/mol. The van der Waals surface area contributed by atoms with Gasteiger partial charge in [0.1, 0.15) is 0 Å². The Morgan fingerprint density at radius 3 is 2.47 bits per heavy atom. The lowest BCUT2D eigenvalue weighted by molar-refractivity contribution is 0.161. The molecule has 1 aromatic rings. The van der Waals surface area contributed by atoms with Crippen molar-refractivity contribution in [2.24, 2.45) is 0 Å². The highest BCUT2D eigenvalue weighted by molar-refractivity contribution is 7.11. The molecule has 0 amide bonds. The van der Waals surface area contributed by atoms with Gasteiger partial charge in [-0.15, -0.1) is 11.3 Å². The van der Waals surface area contributed by atoms with Crippen LogP contribution >= 0.6 is 11.3 Å². The minimum Gasteiger partial charge on any atom is -0.300 e. The lowest BCUT2D eigenvalue weighted by atomic mass is 9.92. The Morgan fingerprint density at radius 2 is 1.94 bits per heavy atom. The number of hydrogen-bond donors (Lipinski definition) is 0. The van der Waals surface area contributed by atoms with E-state index < -0.39 is 0 Å². The highest BCUT2D eigenvalue weighted by atomic mass is 32.1. The first-order valence-electron chi connectivity index (χ1n) is 6.82. The molecule has 0 saturated carbocycles. The van der Waals surface area contributed by atoms with Crippen molar-refractivity contribution in [1.29, 1.82) is 0 Å². The van der Waals surface area contributed by atoms with Gasteiger partial charge in [-0.3, -0.25) is 0 Å². The van der Waals surface area contributed by atoms with E-state index in [1.54, 1.807) is 0 Å². The number of nitrogens with zero attached hydrogens (tertiary/aromatic N) is 2. The minimum atomic E-state index is 0.629. The fraction of sp³-hybridized carbons (Fsp3) is 0.786. The quantitative estimate of drug-likeness (QED) is 0.797. The van der Waals surface area contributed by atoms with Gasteiger partial charge in [0.25, 0.3) is 0 Å². The molecule has 17 heavy (non-hydrogen) atoms. The first-order valence-corrected chi connectivity index (χ1v) is 7.64. The van der Waals surface area contributed by atoms with E-state index in [9.17, 15) is 0 Å². The maximum Gasteiger partial charge on any atom is 0.0959 e. The lowest BCUT2D eigenvalue weighted by Crippen LogP contribution is -2.39. The minimum absolute atomic E-state index is 0.629. The number of hydrogen-bond acceptors (Lipinski definition) is 3. The Hall–Kier alpha value is -0.410. The molecule has 0 N–H and O–H groups in total. The predicted molar refractivity (Wildman–Crippen MR) is 72.8 cm³/mol.